The number of carbonyl (C=O) groups is 1. The molecular weight excluding hydrogens is 401 g/mol. The maximum atomic E-state index is 15.1. The summed E-state index contributed by atoms with van der Waals surface area (Å²) in [6, 6.07) is 5.26. The smallest absolute Gasteiger partial charge is 0.280 e. The average molecular weight is 420 g/mol. The second-order valence-electron chi connectivity index (χ2n) is 6.87. The number of imidazole rings is 1. The molecule has 0 saturated carbocycles. The van der Waals surface area contributed by atoms with E-state index in [1.54, 1.807) is 0 Å². The number of halogens is 3. The van der Waals surface area contributed by atoms with Crippen molar-refractivity contribution in [3.8, 4) is 5.75 Å². The van der Waals surface area contributed by atoms with Gasteiger partial charge in [-0.25, -0.2) is 18.7 Å². The number of nitrogens with zero attached hydrogens (tertiary/aromatic N) is 3. The topological polar surface area (TPSA) is 77.8 Å². The molecule has 0 radical (unpaired) electrons. The van der Waals surface area contributed by atoms with Crippen molar-refractivity contribution < 1.29 is 27.4 Å². The van der Waals surface area contributed by atoms with Crippen LogP contribution in [0, 0.1) is 5.95 Å². The van der Waals surface area contributed by atoms with Gasteiger partial charge in [-0.1, -0.05) is 6.07 Å². The number of aromatic nitrogens is 3. The fourth-order valence-electron chi connectivity index (χ4n) is 3.45. The van der Waals surface area contributed by atoms with Crippen LogP contribution in [-0.4, -0.2) is 40.6 Å². The van der Waals surface area contributed by atoms with Gasteiger partial charge in [0, 0.05) is 31.4 Å². The molecule has 1 aliphatic heterocycles. The van der Waals surface area contributed by atoms with Gasteiger partial charge < -0.3 is 14.8 Å². The normalized spacial score (nSPS) is 15.0. The number of hydrogen-bond donors (Lipinski definition) is 1. The highest BCUT2D eigenvalue weighted by Crippen LogP contribution is 2.32. The van der Waals surface area contributed by atoms with Gasteiger partial charge in [-0.3, -0.25) is 9.20 Å². The Morgan fingerprint density at radius 1 is 1.30 bits per heavy atom. The lowest BCUT2D eigenvalue weighted by Gasteiger charge is -2.19. The molecule has 10 heteroatoms. The summed E-state index contributed by atoms with van der Waals surface area (Å²) in [5, 5.41) is 2.55. The molecule has 1 fully saturated rings. The first-order chi connectivity index (χ1) is 14.5. The van der Waals surface area contributed by atoms with Crippen molar-refractivity contribution in [2.24, 2.45) is 0 Å². The Balaban J connectivity index is 1.67. The molecule has 3 aromatic rings. The van der Waals surface area contributed by atoms with Crippen molar-refractivity contribution in [1.82, 2.24) is 14.4 Å². The van der Waals surface area contributed by atoms with Crippen LogP contribution in [0.15, 0.2) is 30.5 Å². The number of alkyl halides is 2. The molecule has 158 valence electrons. The summed E-state index contributed by atoms with van der Waals surface area (Å²) < 4.78 is 52.6. The second-order valence-corrected chi connectivity index (χ2v) is 6.87. The van der Waals surface area contributed by atoms with E-state index in [1.165, 1.54) is 35.9 Å². The third kappa shape index (κ3) is 3.82. The summed E-state index contributed by atoms with van der Waals surface area (Å²) >= 11 is 0. The number of rotatable bonds is 5. The standard InChI is InChI=1S/C20H19F3N4O3/c1-29-15-9-12(24-20(28)14-4-2-3-13(25-14)17(21)22)10-27-18(23)16(26-19(15)27)11-5-7-30-8-6-11/h2-4,9-11,17H,5-8H2,1H3,(H,24,28). The highest BCUT2D eigenvalue weighted by atomic mass is 19.3. The molecule has 1 aliphatic rings. The molecule has 30 heavy (non-hydrogen) atoms. The van der Waals surface area contributed by atoms with Crippen LogP contribution < -0.4 is 10.1 Å². The molecule has 1 saturated heterocycles. The molecule has 7 nitrogen and oxygen atoms in total. The van der Waals surface area contributed by atoms with Crippen LogP contribution in [-0.2, 0) is 4.74 Å². The van der Waals surface area contributed by atoms with Crippen LogP contribution in [0.2, 0.25) is 0 Å². The first kappa shape index (κ1) is 20.1. The summed E-state index contributed by atoms with van der Waals surface area (Å²) in [6.45, 7) is 1.09. The third-order valence-electron chi connectivity index (χ3n) is 4.97. The van der Waals surface area contributed by atoms with E-state index in [2.05, 4.69) is 15.3 Å². The van der Waals surface area contributed by atoms with Gasteiger partial charge in [-0.05, 0) is 25.0 Å². The largest absolute Gasteiger partial charge is 0.493 e. The molecule has 1 N–H and O–H groups in total. The van der Waals surface area contributed by atoms with E-state index < -0.39 is 24.0 Å². The van der Waals surface area contributed by atoms with E-state index >= 15 is 4.39 Å². The number of methoxy groups -OCH3 is 1. The molecule has 1 amide bonds. The number of anilines is 1. The number of fused-ring (bicyclic) bond motifs is 1. The van der Waals surface area contributed by atoms with Crippen LogP contribution in [0.4, 0.5) is 18.9 Å². The molecule has 0 aliphatic carbocycles. The van der Waals surface area contributed by atoms with Crippen molar-refractivity contribution in [2.45, 2.75) is 25.2 Å². The van der Waals surface area contributed by atoms with Crippen LogP contribution in [0.3, 0.4) is 0 Å². The Hall–Kier alpha value is -3.14. The molecule has 0 aromatic carbocycles. The maximum Gasteiger partial charge on any atom is 0.280 e. The Bertz CT molecular complexity index is 1080. The SMILES string of the molecule is COc1cc(NC(=O)c2cccc(C(F)F)n2)cn2c(F)c(C3CCOCC3)nc12. The fraction of sp³-hybridized carbons (Fsp3) is 0.350. The zero-order valence-electron chi connectivity index (χ0n) is 16.1. The minimum atomic E-state index is -2.79. The van der Waals surface area contributed by atoms with E-state index in [9.17, 15) is 13.6 Å². The lowest BCUT2D eigenvalue weighted by atomic mass is 9.97. The van der Waals surface area contributed by atoms with Crippen LogP contribution in [0.1, 0.15) is 47.1 Å². The summed E-state index contributed by atoms with van der Waals surface area (Å²) in [5.74, 6) is -1.05. The fourth-order valence-corrected chi connectivity index (χ4v) is 3.45. The molecule has 0 atom stereocenters. The highest BCUT2D eigenvalue weighted by Gasteiger charge is 2.26. The predicted molar refractivity (Wildman–Crippen MR) is 102 cm³/mol. The second kappa shape index (κ2) is 8.31. The van der Waals surface area contributed by atoms with Gasteiger partial charge in [0.1, 0.15) is 11.4 Å². The van der Waals surface area contributed by atoms with E-state index in [0.717, 1.165) is 6.07 Å². The Morgan fingerprint density at radius 3 is 2.77 bits per heavy atom. The summed E-state index contributed by atoms with van der Waals surface area (Å²) in [4.78, 5) is 20.5. The number of carbonyl (C=O) groups excluding carboxylic acids is 1. The molecule has 4 rings (SSSR count). The first-order valence-electron chi connectivity index (χ1n) is 9.37. The predicted octanol–water partition coefficient (Wildman–Crippen LogP) is 3.96. The molecule has 3 aromatic heterocycles. The van der Waals surface area contributed by atoms with Gasteiger partial charge in [-0.2, -0.15) is 4.39 Å². The Morgan fingerprint density at radius 2 is 2.07 bits per heavy atom. The van der Waals surface area contributed by atoms with Crippen molar-refractivity contribution >= 4 is 17.2 Å². The van der Waals surface area contributed by atoms with Gasteiger partial charge in [0.2, 0.25) is 5.95 Å². The van der Waals surface area contributed by atoms with Crippen LogP contribution in [0.25, 0.3) is 5.65 Å². The summed E-state index contributed by atoms with van der Waals surface area (Å²) in [6.07, 6.45) is -0.0897. The van der Waals surface area contributed by atoms with Gasteiger partial charge in [0.25, 0.3) is 12.3 Å². The molecule has 4 heterocycles. The van der Waals surface area contributed by atoms with Crippen molar-refractivity contribution in [1.29, 1.82) is 0 Å². The number of pyridine rings is 2. The average Bonchev–Trinajstić information content (AvgIpc) is 3.10. The highest BCUT2D eigenvalue weighted by molar-refractivity contribution is 6.03. The van der Waals surface area contributed by atoms with Gasteiger partial charge in [0.15, 0.2) is 11.4 Å². The van der Waals surface area contributed by atoms with Gasteiger partial charge in [0.05, 0.1) is 18.5 Å². The molecular formula is C20H19F3N4O3. The lowest BCUT2D eigenvalue weighted by Crippen LogP contribution is -2.15. The minimum Gasteiger partial charge on any atom is -0.493 e. The Labute approximate surface area is 169 Å². The zero-order valence-corrected chi connectivity index (χ0v) is 16.1. The van der Waals surface area contributed by atoms with Crippen LogP contribution in [0.5, 0.6) is 5.75 Å². The molecule has 0 spiro atoms. The van der Waals surface area contributed by atoms with E-state index in [1.807, 2.05) is 0 Å². The zero-order chi connectivity index (χ0) is 21.3. The van der Waals surface area contributed by atoms with Gasteiger partial charge in [-0.15, -0.1) is 0 Å². The number of nitrogens with one attached hydrogen (secondary N) is 1. The monoisotopic (exact) mass is 420 g/mol. The maximum absolute atomic E-state index is 15.1. The third-order valence-corrected chi connectivity index (χ3v) is 4.97. The quantitative estimate of drug-likeness (QED) is 0.676. The van der Waals surface area contributed by atoms with E-state index in [4.69, 9.17) is 9.47 Å². The van der Waals surface area contributed by atoms with Gasteiger partial charge >= 0.3 is 0 Å². The Kier molecular flexibility index (Phi) is 5.58. The first-order valence-corrected chi connectivity index (χ1v) is 9.37. The van der Waals surface area contributed by atoms with Crippen molar-refractivity contribution in [3.63, 3.8) is 0 Å². The van der Waals surface area contributed by atoms with E-state index in [-0.39, 0.29) is 28.7 Å². The van der Waals surface area contributed by atoms with Crippen molar-refractivity contribution in [2.75, 3.05) is 25.6 Å². The summed E-state index contributed by atoms with van der Waals surface area (Å²) in [7, 11) is 1.41. The summed E-state index contributed by atoms with van der Waals surface area (Å²) in [5.41, 5.74) is 0.139. The molecule has 0 unspecified atom stereocenters. The van der Waals surface area contributed by atoms with E-state index in [0.29, 0.717) is 31.7 Å². The van der Waals surface area contributed by atoms with Crippen LogP contribution >= 0.6 is 0 Å². The number of hydrogen-bond acceptors (Lipinski definition) is 5. The molecule has 0 bridgehead atoms. The number of ether oxygens (including phenoxy) is 2. The lowest BCUT2D eigenvalue weighted by molar-refractivity contribution is 0.0837. The number of amides is 1. The minimum absolute atomic E-state index is 0.0670. The van der Waals surface area contributed by atoms with Crippen molar-refractivity contribution in [3.05, 3.63) is 53.5 Å².